The number of rotatable bonds is 1. The third-order valence-corrected chi connectivity index (χ3v) is 6.70. The number of fused-ring (bicyclic) bond motifs is 5. The average molecular weight is 456 g/mol. The summed E-state index contributed by atoms with van der Waals surface area (Å²) in [6, 6.07) is 26.7. The van der Waals surface area contributed by atoms with Crippen LogP contribution >= 0.6 is 23.2 Å². The Hall–Kier alpha value is -3.14. The van der Waals surface area contributed by atoms with E-state index in [0.29, 0.717) is 5.02 Å². The molecule has 6 rings (SSSR count). The second kappa shape index (κ2) is 7.47. The van der Waals surface area contributed by atoms with E-state index in [1.807, 2.05) is 42.5 Å². The van der Waals surface area contributed by atoms with Gasteiger partial charge in [-0.25, -0.2) is 4.99 Å². The number of para-hydroxylation sites is 2. The molecule has 0 saturated heterocycles. The molecule has 1 unspecified atom stereocenters. The molecule has 32 heavy (non-hydrogen) atoms. The molecule has 3 nitrogen and oxygen atoms in total. The Morgan fingerprint density at radius 3 is 2.50 bits per heavy atom. The first-order valence-electron chi connectivity index (χ1n) is 10.6. The molecule has 0 amide bonds. The molecule has 5 heteroatoms. The fourth-order valence-electron chi connectivity index (χ4n) is 4.54. The Balaban J connectivity index is 1.62. The minimum atomic E-state index is -0.0312. The van der Waals surface area contributed by atoms with Crippen LogP contribution in [0.3, 0.4) is 0 Å². The molecule has 2 aliphatic rings. The molecule has 0 radical (unpaired) electrons. The predicted molar refractivity (Wildman–Crippen MR) is 131 cm³/mol. The van der Waals surface area contributed by atoms with Crippen molar-refractivity contribution >= 4 is 46.0 Å². The Morgan fingerprint density at radius 1 is 0.844 bits per heavy atom. The maximum atomic E-state index is 6.47. The van der Waals surface area contributed by atoms with Gasteiger partial charge in [0.1, 0.15) is 0 Å². The van der Waals surface area contributed by atoms with E-state index in [4.69, 9.17) is 33.2 Å². The van der Waals surface area contributed by atoms with E-state index in [0.717, 1.165) is 50.5 Å². The summed E-state index contributed by atoms with van der Waals surface area (Å²) in [5.41, 5.74) is 7.49. The summed E-state index contributed by atoms with van der Waals surface area (Å²) in [5, 5.41) is 3.39. The van der Waals surface area contributed by atoms with Gasteiger partial charge in [0.15, 0.2) is 0 Å². The van der Waals surface area contributed by atoms with Crippen LogP contribution in [0.4, 0.5) is 22.7 Å². The van der Waals surface area contributed by atoms with Gasteiger partial charge >= 0.3 is 0 Å². The molecule has 0 aliphatic carbocycles. The highest BCUT2D eigenvalue weighted by molar-refractivity contribution is 6.31. The summed E-state index contributed by atoms with van der Waals surface area (Å²) in [4.78, 5) is 12.3. The van der Waals surface area contributed by atoms with Gasteiger partial charge in [-0.2, -0.15) is 0 Å². The number of halogens is 2. The standard InChI is InChI=1S/C27H19Cl2N3/c1-16-21-13-17(6-11-22(21)29)12-18-14-25-27(15-24(18)30-16)32(20-9-7-19(28)8-10-20)26-5-3-2-4-23(26)31-25/h2-11,13-16H,12H2,1H3. The molecule has 0 saturated carbocycles. The van der Waals surface area contributed by atoms with Gasteiger partial charge < -0.3 is 4.90 Å². The molecule has 0 spiro atoms. The highest BCUT2D eigenvalue weighted by atomic mass is 35.5. The molecule has 0 aromatic heterocycles. The van der Waals surface area contributed by atoms with Crippen LogP contribution in [-0.2, 0) is 6.42 Å². The van der Waals surface area contributed by atoms with Crippen molar-refractivity contribution in [3.63, 3.8) is 0 Å². The van der Waals surface area contributed by atoms with E-state index in [2.05, 4.69) is 48.2 Å². The van der Waals surface area contributed by atoms with Crippen LogP contribution in [0.1, 0.15) is 29.7 Å². The largest absolute Gasteiger partial charge is 0.306 e. The molecule has 4 aromatic rings. The lowest BCUT2D eigenvalue weighted by Crippen LogP contribution is -2.27. The summed E-state index contributed by atoms with van der Waals surface area (Å²) in [6.07, 6.45) is 0.793. The number of nitrogens with zero attached hydrogens (tertiary/aromatic N) is 3. The third kappa shape index (κ3) is 3.21. The van der Waals surface area contributed by atoms with E-state index >= 15 is 0 Å². The van der Waals surface area contributed by atoms with Gasteiger partial charge in [0.05, 0.1) is 33.8 Å². The van der Waals surface area contributed by atoms with Crippen LogP contribution in [0.15, 0.2) is 88.8 Å². The van der Waals surface area contributed by atoms with Crippen molar-refractivity contribution in [3.8, 4) is 0 Å². The fourth-order valence-corrected chi connectivity index (χ4v) is 4.94. The van der Waals surface area contributed by atoms with E-state index < -0.39 is 0 Å². The van der Waals surface area contributed by atoms with Crippen molar-refractivity contribution in [1.29, 1.82) is 0 Å². The summed E-state index contributed by atoms with van der Waals surface area (Å²) >= 11 is 12.6. The van der Waals surface area contributed by atoms with E-state index in [1.54, 1.807) is 0 Å². The van der Waals surface area contributed by atoms with Crippen molar-refractivity contribution < 1.29 is 0 Å². The molecule has 2 bridgehead atoms. The SMILES string of the molecule is CC1N=c2cc3c(cc2Cc2ccc(Cl)c1c2)=Nc1ccccc1N3c1ccc(Cl)cc1. The number of hydrogen-bond acceptors (Lipinski definition) is 3. The molecule has 2 heterocycles. The zero-order valence-electron chi connectivity index (χ0n) is 17.4. The van der Waals surface area contributed by atoms with Crippen LogP contribution in [0.5, 0.6) is 0 Å². The quantitative estimate of drug-likeness (QED) is 0.267. The number of benzene rings is 4. The van der Waals surface area contributed by atoms with Crippen molar-refractivity contribution in [1.82, 2.24) is 0 Å². The maximum absolute atomic E-state index is 6.47. The second-order valence-corrected chi connectivity index (χ2v) is 9.06. The zero-order chi connectivity index (χ0) is 21.8. The Kier molecular flexibility index (Phi) is 4.56. The molecule has 1 atom stereocenters. The lowest BCUT2D eigenvalue weighted by molar-refractivity contribution is 0.776. The van der Waals surface area contributed by atoms with Crippen LogP contribution in [0, 0.1) is 0 Å². The molecular weight excluding hydrogens is 437 g/mol. The number of anilines is 3. The molecule has 156 valence electrons. The van der Waals surface area contributed by atoms with Gasteiger partial charge in [0.2, 0.25) is 0 Å². The first-order valence-corrected chi connectivity index (χ1v) is 11.3. The first kappa shape index (κ1) is 19.5. The zero-order valence-corrected chi connectivity index (χ0v) is 18.9. The Bertz CT molecular complexity index is 1490. The monoisotopic (exact) mass is 455 g/mol. The minimum Gasteiger partial charge on any atom is -0.306 e. The normalized spacial score (nSPS) is 16.0. The van der Waals surface area contributed by atoms with Crippen molar-refractivity contribution in [2.45, 2.75) is 19.4 Å². The smallest absolute Gasteiger partial charge is 0.0882 e. The number of hydrogen-bond donors (Lipinski definition) is 0. The van der Waals surface area contributed by atoms with Crippen LogP contribution in [-0.4, -0.2) is 0 Å². The summed E-state index contributed by atoms with van der Waals surface area (Å²) < 4.78 is 0. The summed E-state index contributed by atoms with van der Waals surface area (Å²) in [5.74, 6) is 0. The predicted octanol–water partition coefficient (Wildman–Crippen LogP) is 7.01. The van der Waals surface area contributed by atoms with Crippen LogP contribution in [0.25, 0.3) is 0 Å². The minimum absolute atomic E-state index is 0.0312. The van der Waals surface area contributed by atoms with Crippen molar-refractivity contribution in [2.24, 2.45) is 9.98 Å². The molecule has 0 N–H and O–H groups in total. The highest BCUT2D eigenvalue weighted by Crippen LogP contribution is 2.41. The van der Waals surface area contributed by atoms with Gasteiger partial charge in [-0.15, -0.1) is 0 Å². The molecule has 0 fully saturated rings. The first-order chi connectivity index (χ1) is 15.6. The van der Waals surface area contributed by atoms with E-state index in [9.17, 15) is 0 Å². The lowest BCUT2D eigenvalue weighted by Gasteiger charge is -2.30. The molecule has 4 aromatic carbocycles. The Morgan fingerprint density at radius 2 is 1.66 bits per heavy atom. The highest BCUT2D eigenvalue weighted by Gasteiger charge is 2.23. The summed E-state index contributed by atoms with van der Waals surface area (Å²) in [7, 11) is 0. The topological polar surface area (TPSA) is 28.0 Å². The molecular formula is C27H19Cl2N3. The fraction of sp³-hybridized carbons (Fsp3) is 0.111. The van der Waals surface area contributed by atoms with Gasteiger partial charge in [-0.3, -0.25) is 4.99 Å². The lowest BCUT2D eigenvalue weighted by atomic mass is 9.96. The van der Waals surface area contributed by atoms with Crippen LogP contribution in [0.2, 0.25) is 10.0 Å². The second-order valence-electron chi connectivity index (χ2n) is 8.22. The molecule has 2 aliphatic heterocycles. The van der Waals surface area contributed by atoms with Gasteiger partial charge in [0, 0.05) is 15.7 Å². The van der Waals surface area contributed by atoms with E-state index in [1.165, 1.54) is 11.1 Å². The van der Waals surface area contributed by atoms with Crippen LogP contribution < -0.4 is 15.6 Å². The average Bonchev–Trinajstić information content (AvgIpc) is 2.79. The maximum Gasteiger partial charge on any atom is 0.0882 e. The van der Waals surface area contributed by atoms with Gasteiger partial charge in [0.25, 0.3) is 0 Å². The summed E-state index contributed by atoms with van der Waals surface area (Å²) in [6.45, 7) is 2.09. The van der Waals surface area contributed by atoms with Crippen molar-refractivity contribution in [3.05, 3.63) is 116 Å². The Labute approximate surface area is 196 Å². The third-order valence-electron chi connectivity index (χ3n) is 6.10. The van der Waals surface area contributed by atoms with Gasteiger partial charge in [-0.1, -0.05) is 47.5 Å². The van der Waals surface area contributed by atoms with E-state index in [-0.39, 0.29) is 6.04 Å². The van der Waals surface area contributed by atoms with Crippen molar-refractivity contribution in [2.75, 3.05) is 4.90 Å². The van der Waals surface area contributed by atoms with Gasteiger partial charge in [-0.05, 0) is 84.6 Å².